The van der Waals surface area contributed by atoms with Gasteiger partial charge in [-0.1, -0.05) is 12.1 Å². The number of carbonyl (C=O) groups is 2. The van der Waals surface area contributed by atoms with E-state index in [2.05, 4.69) is 25.5 Å². The van der Waals surface area contributed by atoms with Crippen molar-refractivity contribution < 1.29 is 9.59 Å². The fraction of sp³-hybridized carbons (Fsp3) is 0.474. The van der Waals surface area contributed by atoms with E-state index in [0.29, 0.717) is 30.4 Å². The number of fused-ring (bicyclic) bond motifs is 1. The summed E-state index contributed by atoms with van der Waals surface area (Å²) >= 11 is 0. The molecule has 1 saturated heterocycles. The molecule has 2 heterocycles. The second-order valence-corrected chi connectivity index (χ2v) is 7.04. The number of carbonyl (C=O) groups excluding carboxylic acids is 2. The Kier molecular flexibility index (Phi) is 5.55. The molecule has 0 radical (unpaired) electrons. The van der Waals surface area contributed by atoms with E-state index >= 15 is 0 Å². The first kappa shape index (κ1) is 19.0. The number of aromatic amines is 1. The first-order valence-electron chi connectivity index (χ1n) is 9.24. The summed E-state index contributed by atoms with van der Waals surface area (Å²) < 4.78 is 0. The highest BCUT2D eigenvalue weighted by atomic mass is 16.2. The Morgan fingerprint density at radius 1 is 1.33 bits per heavy atom. The van der Waals surface area contributed by atoms with Crippen molar-refractivity contribution in [2.45, 2.75) is 45.3 Å². The summed E-state index contributed by atoms with van der Waals surface area (Å²) in [6, 6.07) is 6.59. The summed E-state index contributed by atoms with van der Waals surface area (Å²) in [6.45, 7) is 7.08. The SMILES string of the molecule is CCNC(=O)[C@@H]1C[C@H](NC(=O)c2nc3ccccc3c(=O)[nH]2)CN1C(C)C. The zero-order chi connectivity index (χ0) is 19.6. The van der Waals surface area contributed by atoms with Gasteiger partial charge in [0.05, 0.1) is 16.9 Å². The lowest BCUT2D eigenvalue weighted by Gasteiger charge is -2.26. The van der Waals surface area contributed by atoms with Crippen LogP contribution in [0.5, 0.6) is 0 Å². The lowest BCUT2D eigenvalue weighted by Crippen LogP contribution is -2.46. The summed E-state index contributed by atoms with van der Waals surface area (Å²) in [5, 5.41) is 6.20. The number of hydrogen-bond acceptors (Lipinski definition) is 5. The van der Waals surface area contributed by atoms with Crippen LogP contribution in [-0.2, 0) is 4.79 Å². The molecule has 1 aromatic heterocycles. The predicted molar refractivity (Wildman–Crippen MR) is 103 cm³/mol. The van der Waals surface area contributed by atoms with Gasteiger partial charge in [0.25, 0.3) is 11.5 Å². The number of amides is 2. The number of rotatable bonds is 5. The molecular weight excluding hydrogens is 346 g/mol. The maximum Gasteiger partial charge on any atom is 0.287 e. The van der Waals surface area contributed by atoms with Crippen LogP contribution in [0.1, 0.15) is 37.8 Å². The van der Waals surface area contributed by atoms with Crippen molar-refractivity contribution in [3.63, 3.8) is 0 Å². The number of aromatic nitrogens is 2. The minimum Gasteiger partial charge on any atom is -0.355 e. The maximum atomic E-state index is 12.6. The Hall–Kier alpha value is -2.74. The van der Waals surface area contributed by atoms with Crippen molar-refractivity contribution in [2.24, 2.45) is 0 Å². The van der Waals surface area contributed by atoms with Gasteiger partial charge in [0.1, 0.15) is 0 Å². The van der Waals surface area contributed by atoms with Gasteiger partial charge in [-0.05, 0) is 39.3 Å². The highest BCUT2D eigenvalue weighted by Gasteiger charge is 2.38. The minimum absolute atomic E-state index is 0.0174. The number of likely N-dealkylation sites (N-methyl/N-ethyl adjacent to an activating group) is 1. The van der Waals surface area contributed by atoms with Gasteiger partial charge in [-0.3, -0.25) is 19.3 Å². The summed E-state index contributed by atoms with van der Waals surface area (Å²) in [5.41, 5.74) is 0.128. The monoisotopic (exact) mass is 371 g/mol. The number of para-hydroxylation sites is 1. The van der Waals surface area contributed by atoms with E-state index in [1.54, 1.807) is 24.3 Å². The van der Waals surface area contributed by atoms with E-state index in [4.69, 9.17) is 0 Å². The molecule has 1 aliphatic rings. The van der Waals surface area contributed by atoms with Crippen LogP contribution in [0.15, 0.2) is 29.1 Å². The molecule has 1 aromatic carbocycles. The summed E-state index contributed by atoms with van der Waals surface area (Å²) in [6.07, 6.45) is 0.521. The molecule has 8 nitrogen and oxygen atoms in total. The van der Waals surface area contributed by atoms with Gasteiger partial charge >= 0.3 is 0 Å². The van der Waals surface area contributed by atoms with E-state index < -0.39 is 5.91 Å². The molecule has 8 heteroatoms. The molecule has 0 saturated carbocycles. The molecule has 144 valence electrons. The van der Waals surface area contributed by atoms with Gasteiger partial charge in [-0.2, -0.15) is 0 Å². The number of benzene rings is 1. The Balaban J connectivity index is 1.76. The quantitative estimate of drug-likeness (QED) is 0.715. The van der Waals surface area contributed by atoms with Gasteiger partial charge in [-0.25, -0.2) is 4.98 Å². The van der Waals surface area contributed by atoms with Gasteiger partial charge in [-0.15, -0.1) is 0 Å². The van der Waals surface area contributed by atoms with Gasteiger partial charge < -0.3 is 15.6 Å². The zero-order valence-corrected chi connectivity index (χ0v) is 15.8. The van der Waals surface area contributed by atoms with E-state index in [9.17, 15) is 14.4 Å². The molecule has 0 unspecified atom stereocenters. The Bertz CT molecular complexity index is 908. The molecule has 0 spiro atoms. The van der Waals surface area contributed by atoms with Crippen LogP contribution >= 0.6 is 0 Å². The minimum atomic E-state index is -0.442. The van der Waals surface area contributed by atoms with Gasteiger partial charge in [0, 0.05) is 25.2 Å². The number of nitrogens with zero attached hydrogens (tertiary/aromatic N) is 2. The fourth-order valence-corrected chi connectivity index (χ4v) is 3.53. The largest absolute Gasteiger partial charge is 0.355 e. The first-order valence-corrected chi connectivity index (χ1v) is 9.24. The number of H-pyrrole nitrogens is 1. The molecule has 2 aromatic rings. The van der Waals surface area contributed by atoms with Gasteiger partial charge in [0.2, 0.25) is 5.91 Å². The molecule has 0 aliphatic carbocycles. The summed E-state index contributed by atoms with van der Waals surface area (Å²) in [5.74, 6) is -0.487. The van der Waals surface area contributed by atoms with Crippen molar-refractivity contribution in [2.75, 3.05) is 13.1 Å². The van der Waals surface area contributed by atoms with E-state index in [1.807, 2.05) is 20.8 Å². The van der Waals surface area contributed by atoms with E-state index in [-0.39, 0.29) is 35.4 Å². The lowest BCUT2D eigenvalue weighted by molar-refractivity contribution is -0.125. The van der Waals surface area contributed by atoms with Gasteiger partial charge in [0.15, 0.2) is 5.82 Å². The molecule has 1 aliphatic heterocycles. The number of hydrogen-bond donors (Lipinski definition) is 3. The topological polar surface area (TPSA) is 107 Å². The number of likely N-dealkylation sites (tertiary alicyclic amines) is 1. The summed E-state index contributed by atoms with van der Waals surface area (Å²) in [7, 11) is 0. The standard InChI is InChI=1S/C19H25N5O3/c1-4-20-18(26)15-9-12(10-24(15)11(2)3)21-19(27)16-22-14-8-6-5-7-13(14)17(25)23-16/h5-8,11-12,15H,4,9-10H2,1-3H3,(H,20,26)(H,21,27)(H,22,23,25)/t12-,15-/m0/s1. The maximum absolute atomic E-state index is 12.6. The molecule has 2 amide bonds. The third kappa shape index (κ3) is 4.00. The molecule has 1 fully saturated rings. The van der Waals surface area contributed by atoms with Crippen molar-refractivity contribution in [3.8, 4) is 0 Å². The third-order valence-electron chi connectivity index (χ3n) is 4.82. The normalized spacial score (nSPS) is 20.1. The first-order chi connectivity index (χ1) is 12.9. The average Bonchev–Trinajstić information content (AvgIpc) is 3.06. The van der Waals surface area contributed by atoms with Crippen molar-refractivity contribution in [3.05, 3.63) is 40.4 Å². The Labute approximate surface area is 157 Å². The van der Waals surface area contributed by atoms with E-state index in [0.717, 1.165) is 0 Å². The Morgan fingerprint density at radius 3 is 2.78 bits per heavy atom. The fourth-order valence-electron chi connectivity index (χ4n) is 3.53. The van der Waals surface area contributed by atoms with Crippen LogP contribution in [-0.4, -0.2) is 57.9 Å². The summed E-state index contributed by atoms with van der Waals surface area (Å²) in [4.78, 5) is 46.0. The molecule has 0 bridgehead atoms. The van der Waals surface area contributed by atoms with Crippen LogP contribution in [0.4, 0.5) is 0 Å². The third-order valence-corrected chi connectivity index (χ3v) is 4.82. The molecule has 3 N–H and O–H groups in total. The molecule has 2 atom stereocenters. The molecule has 27 heavy (non-hydrogen) atoms. The zero-order valence-electron chi connectivity index (χ0n) is 15.8. The molecular formula is C19H25N5O3. The van der Waals surface area contributed by atoms with Crippen molar-refractivity contribution >= 4 is 22.7 Å². The molecule has 3 rings (SSSR count). The van der Waals surface area contributed by atoms with Crippen molar-refractivity contribution in [1.29, 1.82) is 0 Å². The van der Waals surface area contributed by atoms with Crippen LogP contribution in [0.3, 0.4) is 0 Å². The highest BCUT2D eigenvalue weighted by Crippen LogP contribution is 2.21. The van der Waals surface area contributed by atoms with Crippen LogP contribution in [0.25, 0.3) is 10.9 Å². The van der Waals surface area contributed by atoms with Crippen LogP contribution < -0.4 is 16.2 Å². The average molecular weight is 371 g/mol. The number of nitrogens with one attached hydrogen (secondary N) is 3. The second-order valence-electron chi connectivity index (χ2n) is 7.04. The van der Waals surface area contributed by atoms with E-state index in [1.165, 1.54) is 0 Å². The smallest absolute Gasteiger partial charge is 0.287 e. The van der Waals surface area contributed by atoms with Crippen LogP contribution in [0.2, 0.25) is 0 Å². The van der Waals surface area contributed by atoms with Crippen molar-refractivity contribution in [1.82, 2.24) is 25.5 Å². The Morgan fingerprint density at radius 2 is 2.07 bits per heavy atom. The lowest BCUT2D eigenvalue weighted by atomic mass is 10.1. The predicted octanol–water partition coefficient (Wildman–Crippen LogP) is 0.640. The highest BCUT2D eigenvalue weighted by molar-refractivity contribution is 5.93. The second kappa shape index (κ2) is 7.87. The van der Waals surface area contributed by atoms with Crippen LogP contribution in [0, 0.1) is 0 Å².